The van der Waals surface area contributed by atoms with Crippen molar-refractivity contribution in [1.82, 2.24) is 0 Å². The van der Waals surface area contributed by atoms with Crippen LogP contribution in [0.3, 0.4) is 0 Å². The molecule has 0 radical (unpaired) electrons. The molecule has 0 fully saturated rings. The van der Waals surface area contributed by atoms with Crippen molar-refractivity contribution in [2.75, 3.05) is 11.1 Å². The van der Waals surface area contributed by atoms with Gasteiger partial charge >= 0.3 is 6.09 Å². The Hall–Kier alpha value is -1.46. The molecule has 0 saturated heterocycles. The Kier molecular flexibility index (Phi) is 6.14. The van der Waals surface area contributed by atoms with Gasteiger partial charge in [0, 0.05) is 9.37 Å². The van der Waals surface area contributed by atoms with Crippen molar-refractivity contribution in [3.8, 4) is 0 Å². The topological polar surface area (TPSA) is 38.3 Å². The van der Waals surface area contributed by atoms with E-state index in [1.807, 2.05) is 48.5 Å². The van der Waals surface area contributed by atoms with E-state index in [1.54, 1.807) is 11.8 Å². The second-order valence-electron chi connectivity index (χ2n) is 4.26. The van der Waals surface area contributed by atoms with Crippen LogP contribution in [-0.2, 0) is 11.3 Å². The van der Waals surface area contributed by atoms with Crippen molar-refractivity contribution < 1.29 is 9.53 Å². The van der Waals surface area contributed by atoms with Crippen LogP contribution in [0.15, 0.2) is 57.9 Å². The van der Waals surface area contributed by atoms with Crippen molar-refractivity contribution in [1.29, 1.82) is 0 Å². The first kappa shape index (κ1) is 15.9. The van der Waals surface area contributed by atoms with Gasteiger partial charge in [0.25, 0.3) is 0 Å². The van der Waals surface area contributed by atoms with Crippen LogP contribution in [0.2, 0.25) is 0 Å². The predicted octanol–water partition coefficient (Wildman–Crippen LogP) is 5.31. The third-order valence-corrected chi connectivity index (χ3v) is 4.12. The van der Waals surface area contributed by atoms with Gasteiger partial charge in [0.05, 0.1) is 5.69 Å². The molecule has 110 valence electrons. The van der Waals surface area contributed by atoms with Gasteiger partial charge in [-0.2, -0.15) is 0 Å². The summed E-state index contributed by atoms with van der Waals surface area (Å²) in [6.07, 6.45) is -0.445. The summed E-state index contributed by atoms with van der Waals surface area (Å²) >= 11 is 5.11. The molecule has 2 aromatic rings. The molecule has 5 heteroatoms. The van der Waals surface area contributed by atoms with Gasteiger partial charge in [0.1, 0.15) is 6.61 Å². The molecular weight excluding hydrogens is 350 g/mol. The smallest absolute Gasteiger partial charge is 0.411 e. The van der Waals surface area contributed by atoms with Crippen LogP contribution in [0, 0.1) is 0 Å². The summed E-state index contributed by atoms with van der Waals surface area (Å²) in [5.74, 6) is 0.935. The van der Waals surface area contributed by atoms with Crippen molar-refractivity contribution >= 4 is 39.5 Å². The number of carbonyl (C=O) groups excluding carboxylic acids is 1. The van der Waals surface area contributed by atoms with Gasteiger partial charge in [-0.05, 0) is 29.5 Å². The molecule has 1 N–H and O–H groups in total. The van der Waals surface area contributed by atoms with Crippen molar-refractivity contribution in [3.05, 3.63) is 58.6 Å². The Balaban J connectivity index is 1.96. The minimum absolute atomic E-state index is 0.263. The van der Waals surface area contributed by atoms with E-state index in [0.717, 1.165) is 26.4 Å². The molecule has 0 saturated carbocycles. The number of thioether (sulfide) groups is 1. The normalized spacial score (nSPS) is 10.2. The van der Waals surface area contributed by atoms with Crippen LogP contribution in [-0.4, -0.2) is 11.8 Å². The number of halogens is 1. The van der Waals surface area contributed by atoms with Crippen LogP contribution in [0.4, 0.5) is 10.5 Å². The van der Waals surface area contributed by atoms with Crippen molar-refractivity contribution in [2.45, 2.75) is 18.4 Å². The van der Waals surface area contributed by atoms with Gasteiger partial charge in [-0.3, -0.25) is 5.32 Å². The number of benzene rings is 2. The van der Waals surface area contributed by atoms with Crippen molar-refractivity contribution in [2.24, 2.45) is 0 Å². The fourth-order valence-electron chi connectivity index (χ4n) is 1.74. The van der Waals surface area contributed by atoms with Crippen molar-refractivity contribution in [3.63, 3.8) is 0 Å². The Morgan fingerprint density at radius 2 is 2.00 bits per heavy atom. The molecule has 2 rings (SSSR count). The summed E-state index contributed by atoms with van der Waals surface area (Å²) in [7, 11) is 0. The molecular formula is C16H16BrNO2S. The Morgan fingerprint density at radius 1 is 1.24 bits per heavy atom. The average Bonchev–Trinajstić information content (AvgIpc) is 2.49. The fraction of sp³-hybridized carbons (Fsp3) is 0.188. The molecule has 21 heavy (non-hydrogen) atoms. The quantitative estimate of drug-likeness (QED) is 0.729. The minimum Gasteiger partial charge on any atom is -0.444 e. The lowest BCUT2D eigenvalue weighted by Gasteiger charge is -2.11. The third kappa shape index (κ3) is 5.10. The maximum absolute atomic E-state index is 11.9. The number of hydrogen-bond donors (Lipinski definition) is 1. The Bertz CT molecular complexity index is 604. The van der Waals surface area contributed by atoms with Crippen LogP contribution in [0.1, 0.15) is 12.5 Å². The highest BCUT2D eigenvalue weighted by Crippen LogP contribution is 2.30. The molecule has 0 aliphatic rings. The zero-order chi connectivity index (χ0) is 15.1. The Morgan fingerprint density at radius 3 is 2.71 bits per heavy atom. The number of ether oxygens (including phenoxy) is 1. The molecule has 0 spiro atoms. The minimum atomic E-state index is -0.445. The van der Waals surface area contributed by atoms with Gasteiger partial charge < -0.3 is 4.74 Å². The van der Waals surface area contributed by atoms with Crippen LogP contribution < -0.4 is 5.32 Å². The molecule has 0 unspecified atom stereocenters. The van der Waals surface area contributed by atoms with E-state index >= 15 is 0 Å². The first-order chi connectivity index (χ1) is 10.2. The van der Waals surface area contributed by atoms with E-state index in [2.05, 4.69) is 28.2 Å². The average molecular weight is 366 g/mol. The molecule has 1 amide bonds. The monoisotopic (exact) mass is 365 g/mol. The van der Waals surface area contributed by atoms with Gasteiger partial charge in [0.15, 0.2) is 0 Å². The van der Waals surface area contributed by atoms with E-state index < -0.39 is 6.09 Å². The maximum Gasteiger partial charge on any atom is 0.411 e. The molecule has 3 nitrogen and oxygen atoms in total. The standard InChI is InChI=1S/C16H16BrNO2S/c1-2-21-15-10-13(17)8-9-14(15)18-16(19)20-11-12-6-4-3-5-7-12/h3-10H,2,11H2,1H3,(H,18,19). The first-order valence-electron chi connectivity index (χ1n) is 6.59. The number of hydrogen-bond acceptors (Lipinski definition) is 3. The predicted molar refractivity (Wildman–Crippen MR) is 90.8 cm³/mol. The highest BCUT2D eigenvalue weighted by molar-refractivity contribution is 9.10. The van der Waals surface area contributed by atoms with Gasteiger partial charge in [-0.15, -0.1) is 11.8 Å². The van der Waals surface area contributed by atoms with Crippen LogP contribution in [0.25, 0.3) is 0 Å². The summed E-state index contributed by atoms with van der Waals surface area (Å²) in [4.78, 5) is 12.9. The van der Waals surface area contributed by atoms with E-state index in [4.69, 9.17) is 4.74 Å². The summed E-state index contributed by atoms with van der Waals surface area (Å²) in [6.45, 7) is 2.34. The molecule has 2 aromatic carbocycles. The second-order valence-corrected chi connectivity index (χ2v) is 6.48. The van der Waals surface area contributed by atoms with Gasteiger partial charge in [0.2, 0.25) is 0 Å². The van der Waals surface area contributed by atoms with Crippen LogP contribution in [0.5, 0.6) is 0 Å². The molecule has 0 aliphatic heterocycles. The number of rotatable bonds is 5. The largest absolute Gasteiger partial charge is 0.444 e. The van der Waals surface area contributed by atoms with E-state index in [-0.39, 0.29) is 6.61 Å². The Labute approximate surface area is 137 Å². The van der Waals surface area contributed by atoms with E-state index in [0.29, 0.717) is 0 Å². The molecule has 0 aliphatic carbocycles. The second kappa shape index (κ2) is 8.10. The first-order valence-corrected chi connectivity index (χ1v) is 8.37. The van der Waals surface area contributed by atoms with Gasteiger partial charge in [-0.1, -0.05) is 53.2 Å². The lowest BCUT2D eigenvalue weighted by atomic mass is 10.2. The zero-order valence-corrected chi connectivity index (χ0v) is 14.0. The lowest BCUT2D eigenvalue weighted by Crippen LogP contribution is -2.14. The maximum atomic E-state index is 11.9. The highest BCUT2D eigenvalue weighted by atomic mass is 79.9. The van der Waals surface area contributed by atoms with Gasteiger partial charge in [-0.25, -0.2) is 4.79 Å². The zero-order valence-electron chi connectivity index (χ0n) is 11.6. The fourth-order valence-corrected chi connectivity index (χ4v) is 3.05. The number of anilines is 1. The molecule has 0 atom stereocenters. The summed E-state index contributed by atoms with van der Waals surface area (Å²) in [6, 6.07) is 15.4. The summed E-state index contributed by atoms with van der Waals surface area (Å²) in [5.41, 5.74) is 1.73. The van der Waals surface area contributed by atoms with E-state index in [1.165, 1.54) is 0 Å². The molecule has 0 aromatic heterocycles. The summed E-state index contributed by atoms with van der Waals surface area (Å²) < 4.78 is 6.21. The third-order valence-electron chi connectivity index (χ3n) is 2.69. The molecule has 0 bridgehead atoms. The number of amides is 1. The molecule has 0 heterocycles. The summed E-state index contributed by atoms with van der Waals surface area (Å²) in [5, 5.41) is 2.79. The van der Waals surface area contributed by atoms with Crippen LogP contribution >= 0.6 is 27.7 Å². The number of nitrogens with one attached hydrogen (secondary N) is 1. The highest BCUT2D eigenvalue weighted by Gasteiger charge is 2.08. The number of carbonyl (C=O) groups is 1. The van der Waals surface area contributed by atoms with E-state index in [9.17, 15) is 4.79 Å². The SMILES string of the molecule is CCSc1cc(Br)ccc1NC(=O)OCc1ccccc1. The lowest BCUT2D eigenvalue weighted by molar-refractivity contribution is 0.155.